The third kappa shape index (κ3) is 5.85. The summed E-state index contributed by atoms with van der Waals surface area (Å²) in [6.07, 6.45) is -4.36. The normalized spacial score (nSPS) is 11.7. The van der Waals surface area contributed by atoms with E-state index < -0.39 is 11.7 Å². The minimum absolute atomic E-state index is 0.0162. The van der Waals surface area contributed by atoms with Crippen molar-refractivity contribution in [1.82, 2.24) is 19.9 Å². The highest BCUT2D eigenvalue weighted by Crippen LogP contribution is 2.29. The molecule has 0 unspecified atom stereocenters. The van der Waals surface area contributed by atoms with Crippen molar-refractivity contribution in [3.8, 4) is 0 Å². The van der Waals surface area contributed by atoms with E-state index in [1.54, 1.807) is 7.05 Å². The van der Waals surface area contributed by atoms with Crippen LogP contribution in [0.2, 0.25) is 0 Å². The number of nitrogens with two attached hydrogens (primary N) is 1. The van der Waals surface area contributed by atoms with Crippen LogP contribution in [-0.4, -0.2) is 26.9 Å². The molecule has 29 heavy (non-hydrogen) atoms. The molecule has 152 valence electrons. The van der Waals surface area contributed by atoms with Crippen molar-refractivity contribution < 1.29 is 17.6 Å². The van der Waals surface area contributed by atoms with Gasteiger partial charge >= 0.3 is 6.18 Å². The van der Waals surface area contributed by atoms with E-state index >= 15 is 0 Å². The molecule has 6 nitrogen and oxygen atoms in total. The van der Waals surface area contributed by atoms with E-state index in [4.69, 9.17) is 5.73 Å². The summed E-state index contributed by atoms with van der Waals surface area (Å²) in [5, 5.41) is 2.92. The van der Waals surface area contributed by atoms with Crippen molar-refractivity contribution in [3.63, 3.8) is 0 Å². The molecule has 0 aliphatic heterocycles. The van der Waals surface area contributed by atoms with Gasteiger partial charge in [0.15, 0.2) is 0 Å². The summed E-state index contributed by atoms with van der Waals surface area (Å²) < 4.78 is 51.0. The van der Waals surface area contributed by atoms with Crippen LogP contribution in [0.25, 0.3) is 0 Å². The summed E-state index contributed by atoms with van der Waals surface area (Å²) in [5.74, 6) is 0.248. The van der Waals surface area contributed by atoms with Crippen LogP contribution in [0.3, 0.4) is 0 Å². The van der Waals surface area contributed by atoms with Gasteiger partial charge in [0.05, 0.1) is 12.1 Å². The summed E-state index contributed by atoms with van der Waals surface area (Å²) in [6.45, 7) is 0.691. The van der Waals surface area contributed by atoms with Gasteiger partial charge in [-0.15, -0.1) is 0 Å². The molecule has 2 aromatic carbocycles. The predicted octanol–water partition coefficient (Wildman–Crippen LogP) is 3.99. The standard InChI is InChI=1S/C19H18F4N6/c1-29(10-12-2-4-13(5-3-12)19(21,22)23)11-16-26-17(24)28-18(27-16)25-15-8-6-14(20)7-9-15/h2-9H,10-11H2,1H3,(H3,24,25,26,27,28). The Kier molecular flexibility index (Phi) is 5.92. The van der Waals surface area contributed by atoms with E-state index in [-0.39, 0.29) is 17.7 Å². The van der Waals surface area contributed by atoms with Gasteiger partial charge < -0.3 is 11.1 Å². The van der Waals surface area contributed by atoms with Gasteiger partial charge in [0.1, 0.15) is 11.6 Å². The molecule has 0 fully saturated rings. The van der Waals surface area contributed by atoms with Gasteiger partial charge in [0.2, 0.25) is 11.9 Å². The molecule has 0 amide bonds. The molecule has 0 saturated heterocycles. The van der Waals surface area contributed by atoms with Crippen LogP contribution in [0.5, 0.6) is 0 Å². The molecular weight excluding hydrogens is 388 g/mol. The molecule has 0 atom stereocenters. The van der Waals surface area contributed by atoms with Crippen LogP contribution in [-0.2, 0) is 19.3 Å². The van der Waals surface area contributed by atoms with E-state index in [1.165, 1.54) is 36.4 Å². The molecule has 0 saturated carbocycles. The fourth-order valence-corrected chi connectivity index (χ4v) is 2.64. The number of hydrogen-bond acceptors (Lipinski definition) is 6. The van der Waals surface area contributed by atoms with Gasteiger partial charge in [-0.25, -0.2) is 4.39 Å². The van der Waals surface area contributed by atoms with Gasteiger partial charge in [0, 0.05) is 12.2 Å². The number of rotatable bonds is 6. The van der Waals surface area contributed by atoms with Crippen LogP contribution < -0.4 is 11.1 Å². The Morgan fingerprint density at radius 1 is 0.931 bits per heavy atom. The molecular formula is C19H18F4N6. The number of aromatic nitrogens is 3. The van der Waals surface area contributed by atoms with E-state index in [9.17, 15) is 17.6 Å². The lowest BCUT2D eigenvalue weighted by Crippen LogP contribution is -2.20. The van der Waals surface area contributed by atoms with Gasteiger partial charge in [0.25, 0.3) is 0 Å². The van der Waals surface area contributed by atoms with E-state index in [0.29, 0.717) is 30.2 Å². The van der Waals surface area contributed by atoms with Crippen molar-refractivity contribution in [2.45, 2.75) is 19.3 Å². The highest BCUT2D eigenvalue weighted by Gasteiger charge is 2.29. The highest BCUT2D eigenvalue weighted by molar-refractivity contribution is 5.53. The monoisotopic (exact) mass is 406 g/mol. The second kappa shape index (κ2) is 8.39. The molecule has 1 aromatic heterocycles. The molecule has 0 bridgehead atoms. The van der Waals surface area contributed by atoms with E-state index in [2.05, 4.69) is 20.3 Å². The maximum Gasteiger partial charge on any atom is 0.416 e. The molecule has 0 spiro atoms. The Bertz CT molecular complexity index is 958. The lowest BCUT2D eigenvalue weighted by molar-refractivity contribution is -0.137. The molecule has 3 rings (SSSR count). The van der Waals surface area contributed by atoms with Crippen molar-refractivity contribution in [2.24, 2.45) is 0 Å². The van der Waals surface area contributed by atoms with Gasteiger partial charge in [-0.3, -0.25) is 4.90 Å². The number of nitrogens with zero attached hydrogens (tertiary/aromatic N) is 4. The Morgan fingerprint density at radius 3 is 2.21 bits per heavy atom. The van der Waals surface area contributed by atoms with Crippen molar-refractivity contribution in [3.05, 3.63) is 71.3 Å². The smallest absolute Gasteiger partial charge is 0.368 e. The summed E-state index contributed by atoms with van der Waals surface area (Å²) in [7, 11) is 1.78. The summed E-state index contributed by atoms with van der Waals surface area (Å²) in [4.78, 5) is 14.2. The predicted molar refractivity (Wildman–Crippen MR) is 101 cm³/mol. The van der Waals surface area contributed by atoms with Crippen LogP contribution in [0, 0.1) is 5.82 Å². The first kappa shape index (κ1) is 20.5. The Morgan fingerprint density at radius 2 is 1.59 bits per heavy atom. The Hall–Kier alpha value is -3.27. The van der Waals surface area contributed by atoms with Crippen molar-refractivity contribution in [1.29, 1.82) is 0 Å². The van der Waals surface area contributed by atoms with Gasteiger partial charge in [-0.2, -0.15) is 28.1 Å². The van der Waals surface area contributed by atoms with Crippen molar-refractivity contribution in [2.75, 3.05) is 18.1 Å². The average molecular weight is 406 g/mol. The molecule has 10 heteroatoms. The van der Waals surface area contributed by atoms with Gasteiger partial charge in [-0.05, 0) is 49.0 Å². The first-order valence-electron chi connectivity index (χ1n) is 8.57. The van der Waals surface area contributed by atoms with E-state index in [0.717, 1.165) is 12.1 Å². The molecule has 1 heterocycles. The Labute approximate surface area is 164 Å². The Balaban J connectivity index is 1.66. The van der Waals surface area contributed by atoms with Crippen LogP contribution in [0.15, 0.2) is 48.5 Å². The number of alkyl halides is 3. The minimum atomic E-state index is -4.36. The average Bonchev–Trinajstić information content (AvgIpc) is 2.63. The maximum absolute atomic E-state index is 13.0. The lowest BCUT2D eigenvalue weighted by Gasteiger charge is -2.17. The highest BCUT2D eigenvalue weighted by atomic mass is 19.4. The molecule has 0 aliphatic carbocycles. The summed E-state index contributed by atoms with van der Waals surface area (Å²) >= 11 is 0. The zero-order valence-corrected chi connectivity index (χ0v) is 15.4. The number of anilines is 3. The lowest BCUT2D eigenvalue weighted by atomic mass is 10.1. The summed E-state index contributed by atoms with van der Waals surface area (Å²) in [6, 6.07) is 10.6. The molecule has 0 radical (unpaired) electrons. The largest absolute Gasteiger partial charge is 0.416 e. The number of hydrogen-bond donors (Lipinski definition) is 2. The van der Waals surface area contributed by atoms with Crippen LogP contribution >= 0.6 is 0 Å². The topological polar surface area (TPSA) is 80.0 Å². The third-order valence-corrected chi connectivity index (χ3v) is 3.94. The van der Waals surface area contributed by atoms with Crippen molar-refractivity contribution >= 4 is 17.6 Å². The SMILES string of the molecule is CN(Cc1ccc(C(F)(F)F)cc1)Cc1nc(N)nc(Nc2ccc(F)cc2)n1. The van der Waals surface area contributed by atoms with E-state index in [1.807, 2.05) is 4.90 Å². The zero-order valence-electron chi connectivity index (χ0n) is 15.4. The molecule has 3 aromatic rings. The number of benzene rings is 2. The van der Waals surface area contributed by atoms with Crippen LogP contribution in [0.1, 0.15) is 17.0 Å². The molecule has 3 N–H and O–H groups in total. The zero-order chi connectivity index (χ0) is 21.0. The second-order valence-electron chi connectivity index (χ2n) is 6.43. The fourth-order valence-electron chi connectivity index (χ4n) is 2.64. The number of nitrogen functional groups attached to an aromatic ring is 1. The number of halogens is 4. The van der Waals surface area contributed by atoms with Crippen LogP contribution in [0.4, 0.5) is 35.1 Å². The first-order chi connectivity index (χ1) is 13.7. The maximum atomic E-state index is 13.0. The first-order valence-corrected chi connectivity index (χ1v) is 8.57. The minimum Gasteiger partial charge on any atom is -0.368 e. The summed E-state index contributed by atoms with van der Waals surface area (Å²) in [5.41, 5.74) is 6.35. The third-order valence-electron chi connectivity index (χ3n) is 3.94. The second-order valence-corrected chi connectivity index (χ2v) is 6.43. The number of nitrogens with one attached hydrogen (secondary N) is 1. The molecule has 0 aliphatic rings. The fraction of sp³-hybridized carbons (Fsp3) is 0.211. The quantitative estimate of drug-likeness (QED) is 0.603. The van der Waals surface area contributed by atoms with Gasteiger partial charge in [-0.1, -0.05) is 12.1 Å².